The Kier molecular flexibility index (Phi) is 14.3. The largest absolute Gasteiger partial charge is 0.347 e. The maximum absolute atomic E-state index is 12.2. The van der Waals surface area contributed by atoms with Crippen molar-refractivity contribution >= 4 is 11.6 Å². The van der Waals surface area contributed by atoms with Crippen molar-refractivity contribution in [1.29, 1.82) is 0 Å². The second-order valence-electron chi connectivity index (χ2n) is 4.40. The minimum Gasteiger partial charge on any atom is -0.321 e. The average Bonchev–Trinajstić information content (AvgIpc) is 2.37. The molecule has 0 heterocycles. The van der Waals surface area contributed by atoms with Crippen LogP contribution in [0, 0.1) is 0 Å². The smallest absolute Gasteiger partial charge is 0.321 e. The summed E-state index contributed by atoms with van der Waals surface area (Å²) in [5.41, 5.74) is 0. The van der Waals surface area contributed by atoms with Crippen LogP contribution < -0.4 is 0 Å². The van der Waals surface area contributed by atoms with Crippen LogP contribution in [0.4, 0.5) is 0 Å². The maximum atomic E-state index is 12.2. The summed E-state index contributed by atoms with van der Waals surface area (Å²) in [7, 11) is 0. The van der Waals surface area contributed by atoms with E-state index in [2.05, 4.69) is 0 Å². The van der Waals surface area contributed by atoms with Crippen LogP contribution in [0.5, 0.6) is 0 Å². The number of Topliss-reactive ketones (excluding diaryl/α,β-unsaturated/α-hetero) is 2. The molecule has 0 N–H and O–H groups in total. The summed E-state index contributed by atoms with van der Waals surface area (Å²) in [6.45, 7) is 8.19. The summed E-state index contributed by atoms with van der Waals surface area (Å²) in [5.74, 6) is -2.40. The number of hydrogen-bond acceptors (Lipinski definition) is 5. The van der Waals surface area contributed by atoms with Crippen molar-refractivity contribution in [3.63, 3.8) is 0 Å². The van der Waals surface area contributed by atoms with Crippen molar-refractivity contribution in [2.24, 2.45) is 0 Å². The molecule has 0 amide bonds. The van der Waals surface area contributed by atoms with Crippen molar-refractivity contribution in [2.75, 3.05) is 19.8 Å². The molecule has 0 bridgehead atoms. The quantitative estimate of drug-likeness (QED) is 0.393. The van der Waals surface area contributed by atoms with Crippen molar-refractivity contribution in [2.45, 2.75) is 59.4 Å². The molecule has 0 aliphatic carbocycles. The molecular weight excluding hydrogens is 339 g/mol. The van der Waals surface area contributed by atoms with Crippen LogP contribution >= 0.6 is 0 Å². The third-order valence-corrected chi connectivity index (χ3v) is 2.24. The molecular formula is C14H26O5Zr. The van der Waals surface area contributed by atoms with E-state index in [0.29, 0.717) is 19.8 Å². The average molecular weight is 366 g/mol. The molecule has 0 radical (unpaired) electrons. The summed E-state index contributed by atoms with van der Waals surface area (Å²) >= 11 is 0. The van der Waals surface area contributed by atoms with Gasteiger partial charge in [-0.1, -0.05) is 20.8 Å². The molecule has 0 aliphatic rings. The van der Waals surface area contributed by atoms with Gasteiger partial charge in [0.05, 0.1) is 26.2 Å². The predicted molar refractivity (Wildman–Crippen MR) is 71.8 cm³/mol. The number of rotatable bonds is 12. The molecule has 0 aromatic rings. The fourth-order valence-electron chi connectivity index (χ4n) is 1.41. The van der Waals surface area contributed by atoms with Gasteiger partial charge in [0, 0.05) is 26.2 Å². The number of carbonyl (C=O) groups is 2. The first kappa shape index (κ1) is 22.4. The Morgan fingerprint density at radius 3 is 1.45 bits per heavy atom. The third-order valence-electron chi connectivity index (χ3n) is 2.24. The Balaban J connectivity index is 0. The Morgan fingerprint density at radius 2 is 1.20 bits per heavy atom. The van der Waals surface area contributed by atoms with E-state index in [9.17, 15) is 9.59 Å². The van der Waals surface area contributed by atoms with Gasteiger partial charge in [0.15, 0.2) is 0 Å². The molecule has 0 atom stereocenters. The van der Waals surface area contributed by atoms with Crippen LogP contribution in [0.1, 0.15) is 53.4 Å². The van der Waals surface area contributed by atoms with Gasteiger partial charge < -0.3 is 14.2 Å². The van der Waals surface area contributed by atoms with Crippen LogP contribution in [0.2, 0.25) is 0 Å². The normalized spacial score (nSPS) is 11.0. The zero-order valence-corrected chi connectivity index (χ0v) is 15.4. The molecule has 0 spiro atoms. The molecule has 20 heavy (non-hydrogen) atoms. The van der Waals surface area contributed by atoms with E-state index in [0.717, 1.165) is 19.3 Å². The SMILES string of the molecule is CCCOC(OCCC)(OCCC)C(=O)CC(C)=O.[Zr]. The van der Waals surface area contributed by atoms with Crippen LogP contribution in [0.3, 0.4) is 0 Å². The van der Waals surface area contributed by atoms with Crippen molar-refractivity contribution < 1.29 is 50.0 Å². The van der Waals surface area contributed by atoms with Crippen molar-refractivity contribution in [1.82, 2.24) is 0 Å². The summed E-state index contributed by atoms with van der Waals surface area (Å²) in [6, 6.07) is 0. The number of ketones is 2. The molecule has 116 valence electrons. The topological polar surface area (TPSA) is 61.8 Å². The minimum absolute atomic E-state index is 0. The summed E-state index contributed by atoms with van der Waals surface area (Å²) < 4.78 is 16.5. The molecule has 0 fully saturated rings. The second kappa shape index (κ2) is 12.8. The third kappa shape index (κ3) is 8.40. The number of hydrogen-bond donors (Lipinski definition) is 0. The fourth-order valence-corrected chi connectivity index (χ4v) is 1.41. The molecule has 0 aromatic heterocycles. The van der Waals surface area contributed by atoms with Gasteiger partial charge in [0.25, 0.3) is 0 Å². The fraction of sp³-hybridized carbons (Fsp3) is 0.857. The van der Waals surface area contributed by atoms with Gasteiger partial charge >= 0.3 is 5.97 Å². The Bertz CT molecular complexity index is 259. The standard InChI is InChI=1S/C14H26O5.Zr/c1-5-8-17-14(18-9-6-2,19-10-7-3)13(16)11-12(4)15;/h5-11H2,1-4H3;. The van der Waals surface area contributed by atoms with Crippen molar-refractivity contribution in [3.8, 4) is 0 Å². The van der Waals surface area contributed by atoms with Crippen molar-refractivity contribution in [3.05, 3.63) is 0 Å². The Hall–Kier alpha value is 0.103. The summed E-state index contributed by atoms with van der Waals surface area (Å²) in [6.07, 6.45) is 1.97. The molecule has 0 saturated carbocycles. The van der Waals surface area contributed by atoms with Crippen LogP contribution in [0.15, 0.2) is 0 Å². The zero-order chi connectivity index (χ0) is 14.7. The molecule has 0 aromatic carbocycles. The van der Waals surface area contributed by atoms with Gasteiger partial charge in [0.2, 0.25) is 5.78 Å². The van der Waals surface area contributed by atoms with Gasteiger partial charge in [-0.05, 0) is 26.2 Å². The van der Waals surface area contributed by atoms with E-state index >= 15 is 0 Å². The molecule has 0 unspecified atom stereocenters. The Labute approximate surface area is 140 Å². The first-order valence-corrected chi connectivity index (χ1v) is 6.97. The van der Waals surface area contributed by atoms with Gasteiger partial charge in [0.1, 0.15) is 5.78 Å². The van der Waals surface area contributed by atoms with Gasteiger partial charge in [-0.3, -0.25) is 9.59 Å². The molecule has 6 heteroatoms. The Morgan fingerprint density at radius 1 is 0.850 bits per heavy atom. The zero-order valence-electron chi connectivity index (χ0n) is 13.0. The van der Waals surface area contributed by atoms with E-state index in [1.807, 2.05) is 20.8 Å². The van der Waals surface area contributed by atoms with Gasteiger partial charge in [-0.15, -0.1) is 0 Å². The monoisotopic (exact) mass is 364 g/mol. The van der Waals surface area contributed by atoms with Crippen LogP contribution in [0.25, 0.3) is 0 Å². The number of carbonyl (C=O) groups excluding carboxylic acids is 2. The van der Waals surface area contributed by atoms with Gasteiger partial charge in [-0.25, -0.2) is 0 Å². The molecule has 0 saturated heterocycles. The van der Waals surface area contributed by atoms with E-state index < -0.39 is 11.8 Å². The first-order valence-electron chi connectivity index (χ1n) is 6.97. The van der Waals surface area contributed by atoms with E-state index in [4.69, 9.17) is 14.2 Å². The minimum atomic E-state index is -1.71. The maximum Gasteiger partial charge on any atom is 0.347 e. The van der Waals surface area contributed by atoms with Gasteiger partial charge in [-0.2, -0.15) is 0 Å². The van der Waals surface area contributed by atoms with E-state index in [1.165, 1.54) is 6.92 Å². The summed E-state index contributed by atoms with van der Waals surface area (Å²) in [4.78, 5) is 23.3. The molecule has 0 aliphatic heterocycles. The second-order valence-corrected chi connectivity index (χ2v) is 4.40. The van der Waals surface area contributed by atoms with E-state index in [-0.39, 0.29) is 38.4 Å². The van der Waals surface area contributed by atoms with E-state index in [1.54, 1.807) is 0 Å². The number of ether oxygens (including phenoxy) is 3. The first-order chi connectivity index (χ1) is 9.02. The van der Waals surface area contributed by atoms with Crippen LogP contribution in [-0.2, 0) is 50.0 Å². The molecule has 5 nitrogen and oxygen atoms in total. The van der Waals surface area contributed by atoms with Crippen LogP contribution in [-0.4, -0.2) is 37.4 Å². The molecule has 0 rings (SSSR count). The predicted octanol–water partition coefficient (Wildman–Crippen LogP) is 2.47. The summed E-state index contributed by atoms with van der Waals surface area (Å²) in [5, 5.41) is 0.